The van der Waals surface area contributed by atoms with Crippen molar-refractivity contribution in [2.75, 3.05) is 13.7 Å². The molecule has 3 amide bonds. The Morgan fingerprint density at radius 3 is 2.67 bits per heavy atom. The normalized spacial score (nSPS) is 21.0. The molecule has 1 saturated heterocycles. The molecular formula is C18H26FN3O2. The van der Waals surface area contributed by atoms with Crippen LogP contribution in [0.15, 0.2) is 24.3 Å². The molecule has 1 N–H and O–H groups in total. The van der Waals surface area contributed by atoms with Gasteiger partial charge >= 0.3 is 6.03 Å². The van der Waals surface area contributed by atoms with Crippen molar-refractivity contribution in [1.29, 1.82) is 0 Å². The van der Waals surface area contributed by atoms with E-state index in [4.69, 9.17) is 0 Å². The van der Waals surface area contributed by atoms with E-state index in [1.165, 1.54) is 17.0 Å². The van der Waals surface area contributed by atoms with Crippen molar-refractivity contribution in [3.05, 3.63) is 35.6 Å². The highest BCUT2D eigenvalue weighted by molar-refractivity contribution is 6.06. The monoisotopic (exact) mass is 335 g/mol. The predicted molar refractivity (Wildman–Crippen MR) is 90.6 cm³/mol. The highest BCUT2D eigenvalue weighted by Crippen LogP contribution is 2.25. The summed E-state index contributed by atoms with van der Waals surface area (Å²) in [7, 11) is 1.80. The van der Waals surface area contributed by atoms with E-state index >= 15 is 0 Å². The van der Waals surface area contributed by atoms with E-state index in [9.17, 15) is 14.0 Å². The number of urea groups is 1. The van der Waals surface area contributed by atoms with Gasteiger partial charge in [-0.2, -0.15) is 0 Å². The zero-order valence-electron chi connectivity index (χ0n) is 14.8. The largest absolute Gasteiger partial charge is 0.326 e. The average Bonchev–Trinajstić information content (AvgIpc) is 2.69. The van der Waals surface area contributed by atoms with Gasteiger partial charge in [-0.15, -0.1) is 0 Å². The van der Waals surface area contributed by atoms with E-state index in [0.717, 1.165) is 12.0 Å². The Kier molecular flexibility index (Phi) is 5.59. The molecule has 0 bridgehead atoms. The van der Waals surface area contributed by atoms with Gasteiger partial charge < -0.3 is 5.32 Å². The molecule has 0 aromatic heterocycles. The number of nitrogens with zero attached hydrogens (tertiary/aromatic N) is 2. The van der Waals surface area contributed by atoms with Gasteiger partial charge in [0.15, 0.2) is 0 Å². The third kappa shape index (κ3) is 4.32. The molecule has 0 unspecified atom stereocenters. The number of carbonyl (C=O) groups is 2. The summed E-state index contributed by atoms with van der Waals surface area (Å²) in [5.74, 6) is -0.0207. The van der Waals surface area contributed by atoms with E-state index in [1.807, 2.05) is 11.0 Å². The lowest BCUT2D eigenvalue weighted by Gasteiger charge is -2.25. The Balaban J connectivity index is 1.98. The number of rotatable bonds is 7. The number of carbonyl (C=O) groups excluding carboxylic acids is 2. The van der Waals surface area contributed by atoms with Crippen LogP contribution in [-0.2, 0) is 11.3 Å². The van der Waals surface area contributed by atoms with Gasteiger partial charge in [0, 0.05) is 6.54 Å². The number of hydrogen-bond acceptors (Lipinski definition) is 3. The molecule has 1 fully saturated rings. The second-order valence-corrected chi connectivity index (χ2v) is 7.21. The summed E-state index contributed by atoms with van der Waals surface area (Å²) < 4.78 is 13.3. The van der Waals surface area contributed by atoms with Gasteiger partial charge in [-0.05, 0) is 50.4 Å². The molecule has 0 spiro atoms. The number of hydrogen-bond donors (Lipinski definition) is 1. The van der Waals surface area contributed by atoms with Crippen LogP contribution in [0, 0.1) is 11.7 Å². The first-order valence-electron chi connectivity index (χ1n) is 8.28. The molecule has 1 aromatic rings. The first-order valence-corrected chi connectivity index (χ1v) is 8.28. The Morgan fingerprint density at radius 1 is 1.33 bits per heavy atom. The molecule has 1 aromatic carbocycles. The summed E-state index contributed by atoms with van der Waals surface area (Å²) in [6, 6.07) is 5.95. The molecule has 2 rings (SSSR count). The van der Waals surface area contributed by atoms with Crippen molar-refractivity contribution in [2.45, 2.75) is 45.7 Å². The third-order valence-corrected chi connectivity index (χ3v) is 4.29. The molecule has 1 aliphatic rings. The Bertz CT molecular complexity index is 620. The molecule has 1 atom stereocenters. The zero-order chi connectivity index (χ0) is 17.9. The lowest BCUT2D eigenvalue weighted by Crippen LogP contribution is -2.45. The van der Waals surface area contributed by atoms with Crippen LogP contribution in [-0.4, -0.2) is 41.0 Å². The molecule has 0 saturated carbocycles. The number of nitrogens with one attached hydrogen (secondary N) is 1. The van der Waals surface area contributed by atoms with Crippen LogP contribution in [0.25, 0.3) is 0 Å². The number of benzene rings is 1. The molecule has 1 heterocycles. The average molecular weight is 335 g/mol. The third-order valence-electron chi connectivity index (χ3n) is 4.29. The molecule has 132 valence electrons. The van der Waals surface area contributed by atoms with Crippen LogP contribution in [0.2, 0.25) is 0 Å². The highest BCUT2D eigenvalue weighted by Gasteiger charge is 2.47. The molecule has 0 radical (unpaired) electrons. The van der Waals surface area contributed by atoms with Gasteiger partial charge in [-0.3, -0.25) is 9.69 Å². The number of halogens is 1. The fourth-order valence-electron chi connectivity index (χ4n) is 2.86. The van der Waals surface area contributed by atoms with Crippen LogP contribution in [0.5, 0.6) is 0 Å². The summed E-state index contributed by atoms with van der Waals surface area (Å²) >= 11 is 0. The van der Waals surface area contributed by atoms with Gasteiger partial charge in [-0.1, -0.05) is 26.0 Å². The van der Waals surface area contributed by atoms with Crippen molar-refractivity contribution >= 4 is 11.9 Å². The van der Waals surface area contributed by atoms with Gasteiger partial charge in [-0.25, -0.2) is 14.1 Å². The lowest BCUT2D eigenvalue weighted by molar-refractivity contribution is -0.132. The molecular weight excluding hydrogens is 309 g/mol. The van der Waals surface area contributed by atoms with Crippen molar-refractivity contribution in [3.63, 3.8) is 0 Å². The predicted octanol–water partition coefficient (Wildman–Crippen LogP) is 2.96. The molecule has 1 aliphatic heterocycles. The summed E-state index contributed by atoms with van der Waals surface area (Å²) in [5.41, 5.74) is -0.0340. The lowest BCUT2D eigenvalue weighted by atomic mass is 9.92. The summed E-state index contributed by atoms with van der Waals surface area (Å²) in [6.45, 7) is 6.60. The Morgan fingerprint density at radius 2 is 2.04 bits per heavy atom. The molecule has 0 aliphatic carbocycles. The topological polar surface area (TPSA) is 52.7 Å². The zero-order valence-corrected chi connectivity index (χ0v) is 14.8. The van der Waals surface area contributed by atoms with E-state index in [-0.39, 0.29) is 24.4 Å². The van der Waals surface area contributed by atoms with Crippen LogP contribution in [0.1, 0.15) is 39.2 Å². The second-order valence-electron chi connectivity index (χ2n) is 7.21. The Labute approximate surface area is 142 Å². The quantitative estimate of drug-likeness (QED) is 0.780. The van der Waals surface area contributed by atoms with Crippen LogP contribution >= 0.6 is 0 Å². The van der Waals surface area contributed by atoms with Crippen LogP contribution < -0.4 is 5.32 Å². The molecule has 6 heteroatoms. The highest BCUT2D eigenvalue weighted by atomic mass is 19.1. The SMILES string of the molecule is CC(C)CC[C@]1(C)NC(=O)N(CN(C)Cc2cccc(F)c2)C1=O. The van der Waals surface area contributed by atoms with Crippen LogP contribution in [0.4, 0.5) is 9.18 Å². The van der Waals surface area contributed by atoms with Crippen molar-refractivity contribution in [2.24, 2.45) is 5.92 Å². The summed E-state index contributed by atoms with van der Waals surface area (Å²) in [6.07, 6.45) is 1.49. The fraction of sp³-hybridized carbons (Fsp3) is 0.556. The Hall–Kier alpha value is -1.95. The van der Waals surface area contributed by atoms with E-state index in [1.54, 1.807) is 20.0 Å². The minimum absolute atomic E-state index is 0.179. The fourth-order valence-corrected chi connectivity index (χ4v) is 2.86. The van der Waals surface area contributed by atoms with Crippen molar-refractivity contribution in [1.82, 2.24) is 15.1 Å². The first kappa shape index (κ1) is 18.4. The van der Waals surface area contributed by atoms with Crippen LogP contribution in [0.3, 0.4) is 0 Å². The van der Waals surface area contributed by atoms with Gasteiger partial charge in [0.1, 0.15) is 11.4 Å². The van der Waals surface area contributed by atoms with E-state index in [2.05, 4.69) is 19.2 Å². The van der Waals surface area contributed by atoms with Gasteiger partial charge in [0.25, 0.3) is 5.91 Å². The van der Waals surface area contributed by atoms with Gasteiger partial charge in [0.05, 0.1) is 6.67 Å². The summed E-state index contributed by atoms with van der Waals surface area (Å²) in [4.78, 5) is 27.9. The maximum Gasteiger partial charge on any atom is 0.326 e. The minimum Gasteiger partial charge on any atom is -0.323 e. The standard InChI is InChI=1S/C18H26FN3O2/c1-13(2)8-9-18(3)16(23)22(17(24)20-18)12-21(4)11-14-6-5-7-15(19)10-14/h5-7,10,13H,8-9,11-12H2,1-4H3,(H,20,24)/t18-/m0/s1. The number of amides is 3. The maximum atomic E-state index is 13.3. The van der Waals surface area contributed by atoms with Crippen molar-refractivity contribution in [3.8, 4) is 0 Å². The van der Waals surface area contributed by atoms with E-state index < -0.39 is 5.54 Å². The van der Waals surface area contributed by atoms with Crippen molar-refractivity contribution < 1.29 is 14.0 Å². The number of imide groups is 1. The first-order chi connectivity index (χ1) is 11.2. The smallest absolute Gasteiger partial charge is 0.323 e. The minimum atomic E-state index is -0.832. The van der Waals surface area contributed by atoms with Gasteiger partial charge in [0.2, 0.25) is 0 Å². The van der Waals surface area contributed by atoms with E-state index in [0.29, 0.717) is 18.9 Å². The molecule has 24 heavy (non-hydrogen) atoms. The molecule has 5 nitrogen and oxygen atoms in total. The maximum absolute atomic E-state index is 13.3. The summed E-state index contributed by atoms with van der Waals surface area (Å²) in [5, 5.41) is 2.81. The second kappa shape index (κ2) is 7.30.